The van der Waals surface area contributed by atoms with Crippen LogP contribution in [0.5, 0.6) is 0 Å². The average Bonchev–Trinajstić information content (AvgIpc) is 2.95. The molecule has 6 heteroatoms. The van der Waals surface area contributed by atoms with Gasteiger partial charge in [0.1, 0.15) is 0 Å². The molecule has 1 aromatic rings. The average molecular weight is 277 g/mol. The van der Waals surface area contributed by atoms with E-state index < -0.39 is 0 Å². The zero-order valence-electron chi connectivity index (χ0n) is 12.1. The van der Waals surface area contributed by atoms with Crippen LogP contribution in [0, 0.1) is 0 Å². The summed E-state index contributed by atoms with van der Waals surface area (Å²) in [6, 6.07) is 3.45. The van der Waals surface area contributed by atoms with E-state index in [1.807, 2.05) is 0 Å². The third-order valence-corrected chi connectivity index (χ3v) is 4.25. The minimum Gasteiger partial charge on any atom is -0.350 e. The fraction of sp³-hybridized carbons (Fsp3) is 0.571. The number of aromatic nitrogens is 1. The summed E-state index contributed by atoms with van der Waals surface area (Å²) in [7, 11) is 4.16. The lowest BCUT2D eigenvalue weighted by molar-refractivity contribution is 0.0900. The van der Waals surface area contributed by atoms with Gasteiger partial charge in [0, 0.05) is 18.3 Å². The molecule has 1 aliphatic rings. The van der Waals surface area contributed by atoms with Crippen LogP contribution in [0.1, 0.15) is 36.0 Å². The van der Waals surface area contributed by atoms with Gasteiger partial charge < -0.3 is 15.6 Å². The van der Waals surface area contributed by atoms with Crippen molar-refractivity contribution in [3.8, 4) is 0 Å². The molecule has 0 spiro atoms. The number of amides is 1. The Hall–Kier alpha value is -1.66. The molecule has 2 rings (SSSR count). The van der Waals surface area contributed by atoms with Gasteiger partial charge in [-0.3, -0.25) is 4.79 Å². The lowest BCUT2D eigenvalue weighted by Crippen LogP contribution is -2.50. The van der Waals surface area contributed by atoms with Gasteiger partial charge in [-0.05, 0) is 39.1 Å². The normalized spacial score (nSPS) is 17.2. The Labute approximate surface area is 119 Å². The summed E-state index contributed by atoms with van der Waals surface area (Å²) in [5.41, 5.74) is 3.01. The summed E-state index contributed by atoms with van der Waals surface area (Å²) in [6.07, 6.45) is 6.28. The number of nitrogens with one attached hydrogen (secondary N) is 2. The molecule has 0 saturated heterocycles. The molecule has 0 unspecified atom stereocenters. The van der Waals surface area contributed by atoms with E-state index in [4.69, 9.17) is 5.84 Å². The van der Waals surface area contributed by atoms with Crippen LogP contribution in [0.2, 0.25) is 0 Å². The summed E-state index contributed by atoms with van der Waals surface area (Å²) >= 11 is 0. The Morgan fingerprint density at radius 2 is 2.15 bits per heavy atom. The number of hydrogen-bond donors (Lipinski definition) is 3. The van der Waals surface area contributed by atoms with Gasteiger partial charge in [-0.2, -0.15) is 0 Å². The zero-order chi connectivity index (χ0) is 14.6. The van der Waals surface area contributed by atoms with Gasteiger partial charge in [-0.15, -0.1) is 0 Å². The number of likely N-dealkylation sites (N-methyl/N-ethyl adjacent to an activating group) is 1. The monoisotopic (exact) mass is 277 g/mol. The smallest absolute Gasteiger partial charge is 0.255 e. The van der Waals surface area contributed by atoms with Crippen LogP contribution in [-0.2, 0) is 0 Å². The number of pyridine rings is 1. The number of rotatable bonds is 5. The minimum atomic E-state index is -0.140. The van der Waals surface area contributed by atoms with Crippen LogP contribution in [0.4, 0.5) is 5.82 Å². The number of nitrogens with two attached hydrogens (primary N) is 1. The predicted octanol–water partition coefficient (Wildman–Crippen LogP) is 0.971. The van der Waals surface area contributed by atoms with E-state index in [-0.39, 0.29) is 11.4 Å². The summed E-state index contributed by atoms with van der Waals surface area (Å²) in [4.78, 5) is 18.6. The second-order valence-electron chi connectivity index (χ2n) is 5.55. The molecule has 110 valence electrons. The number of carbonyl (C=O) groups is 1. The molecule has 20 heavy (non-hydrogen) atoms. The fourth-order valence-electron chi connectivity index (χ4n) is 2.86. The van der Waals surface area contributed by atoms with Crippen molar-refractivity contribution < 1.29 is 4.79 Å². The molecule has 1 heterocycles. The molecule has 0 radical (unpaired) electrons. The van der Waals surface area contributed by atoms with Crippen molar-refractivity contribution in [1.82, 2.24) is 15.2 Å². The highest BCUT2D eigenvalue weighted by atomic mass is 16.1. The molecule has 1 fully saturated rings. The lowest BCUT2D eigenvalue weighted by Gasteiger charge is -2.36. The van der Waals surface area contributed by atoms with Crippen molar-refractivity contribution in [2.45, 2.75) is 31.2 Å². The van der Waals surface area contributed by atoms with E-state index in [2.05, 4.69) is 34.7 Å². The summed E-state index contributed by atoms with van der Waals surface area (Å²) in [5.74, 6) is 5.64. The van der Waals surface area contributed by atoms with Crippen LogP contribution < -0.4 is 16.6 Å². The van der Waals surface area contributed by atoms with Gasteiger partial charge in [-0.25, -0.2) is 10.8 Å². The zero-order valence-corrected chi connectivity index (χ0v) is 12.1. The van der Waals surface area contributed by atoms with Crippen molar-refractivity contribution >= 4 is 11.7 Å². The lowest BCUT2D eigenvalue weighted by atomic mass is 9.96. The number of hydrogen-bond acceptors (Lipinski definition) is 5. The van der Waals surface area contributed by atoms with Crippen molar-refractivity contribution in [2.75, 3.05) is 26.1 Å². The third-order valence-electron chi connectivity index (χ3n) is 4.25. The highest BCUT2D eigenvalue weighted by Crippen LogP contribution is 2.33. The van der Waals surface area contributed by atoms with Crippen LogP contribution in [-0.4, -0.2) is 42.0 Å². The maximum Gasteiger partial charge on any atom is 0.255 e. The minimum absolute atomic E-state index is 0.0776. The molecule has 0 aromatic carbocycles. The highest BCUT2D eigenvalue weighted by Gasteiger charge is 2.36. The van der Waals surface area contributed by atoms with Crippen molar-refractivity contribution in [3.63, 3.8) is 0 Å². The Bertz CT molecular complexity index is 468. The Morgan fingerprint density at radius 3 is 2.75 bits per heavy atom. The molecule has 0 atom stereocenters. The van der Waals surface area contributed by atoms with Gasteiger partial charge in [0.25, 0.3) is 5.91 Å². The van der Waals surface area contributed by atoms with Crippen LogP contribution in [0.3, 0.4) is 0 Å². The first kappa shape index (κ1) is 14.7. The number of nitrogens with zero attached hydrogens (tertiary/aromatic N) is 2. The van der Waals surface area contributed by atoms with E-state index in [1.165, 1.54) is 12.8 Å². The SMILES string of the molecule is CN(C)C1(CNC(=O)c2cccnc2NN)CCCC1. The molecule has 4 N–H and O–H groups in total. The van der Waals surface area contributed by atoms with E-state index in [0.29, 0.717) is 17.9 Å². The molecular weight excluding hydrogens is 254 g/mol. The number of nitrogen functional groups attached to an aromatic ring is 1. The quantitative estimate of drug-likeness (QED) is 0.552. The van der Waals surface area contributed by atoms with E-state index >= 15 is 0 Å². The maximum atomic E-state index is 12.3. The Morgan fingerprint density at radius 1 is 1.45 bits per heavy atom. The van der Waals surface area contributed by atoms with Crippen molar-refractivity contribution in [2.24, 2.45) is 5.84 Å². The van der Waals surface area contributed by atoms with E-state index in [1.54, 1.807) is 18.3 Å². The first-order chi connectivity index (χ1) is 9.59. The topological polar surface area (TPSA) is 83.3 Å². The van der Waals surface area contributed by atoms with Gasteiger partial charge in [-0.1, -0.05) is 12.8 Å². The predicted molar refractivity (Wildman–Crippen MR) is 79.3 cm³/mol. The number of anilines is 1. The van der Waals surface area contributed by atoms with Gasteiger partial charge in [0.15, 0.2) is 5.82 Å². The maximum absolute atomic E-state index is 12.3. The summed E-state index contributed by atoms with van der Waals surface area (Å²) < 4.78 is 0. The van der Waals surface area contributed by atoms with Crippen LogP contribution >= 0.6 is 0 Å². The Kier molecular flexibility index (Phi) is 4.57. The molecule has 0 aliphatic heterocycles. The van der Waals surface area contributed by atoms with Crippen LogP contribution in [0.15, 0.2) is 18.3 Å². The summed E-state index contributed by atoms with van der Waals surface area (Å²) in [6.45, 7) is 0.651. The largest absolute Gasteiger partial charge is 0.350 e. The second kappa shape index (κ2) is 6.19. The molecule has 1 amide bonds. The molecule has 1 saturated carbocycles. The molecule has 1 aliphatic carbocycles. The van der Waals surface area contributed by atoms with Gasteiger partial charge >= 0.3 is 0 Å². The fourth-order valence-corrected chi connectivity index (χ4v) is 2.86. The summed E-state index contributed by atoms with van der Waals surface area (Å²) in [5, 5.41) is 3.02. The molecule has 0 bridgehead atoms. The first-order valence-electron chi connectivity index (χ1n) is 6.96. The molecular formula is C14H23N5O. The highest BCUT2D eigenvalue weighted by molar-refractivity contribution is 5.98. The van der Waals surface area contributed by atoms with E-state index in [0.717, 1.165) is 12.8 Å². The van der Waals surface area contributed by atoms with Gasteiger partial charge in [0.05, 0.1) is 5.56 Å². The standard InChI is InChI=1S/C14H23N5O/c1-19(2)14(7-3-4-8-14)10-17-13(20)11-6-5-9-16-12(11)18-15/h5-6,9H,3-4,7-8,10,15H2,1-2H3,(H,16,18)(H,17,20). The Balaban J connectivity index is 2.05. The molecule has 1 aromatic heterocycles. The number of carbonyl (C=O) groups excluding carboxylic acids is 1. The van der Waals surface area contributed by atoms with Crippen molar-refractivity contribution in [1.29, 1.82) is 0 Å². The third kappa shape index (κ3) is 2.91. The first-order valence-corrected chi connectivity index (χ1v) is 6.96. The number of hydrazine groups is 1. The van der Waals surface area contributed by atoms with Crippen molar-refractivity contribution in [3.05, 3.63) is 23.9 Å². The van der Waals surface area contributed by atoms with E-state index in [9.17, 15) is 4.79 Å². The van der Waals surface area contributed by atoms with Gasteiger partial charge in [0.2, 0.25) is 0 Å². The second-order valence-corrected chi connectivity index (χ2v) is 5.55. The molecule has 6 nitrogen and oxygen atoms in total. The van der Waals surface area contributed by atoms with Crippen LogP contribution in [0.25, 0.3) is 0 Å².